The van der Waals surface area contributed by atoms with E-state index in [0.29, 0.717) is 6.54 Å². The van der Waals surface area contributed by atoms with E-state index in [0.717, 1.165) is 11.3 Å². The van der Waals surface area contributed by atoms with Gasteiger partial charge in [0.15, 0.2) is 0 Å². The Hall–Kier alpha value is -1.62. The Morgan fingerprint density at radius 2 is 1.58 bits per heavy atom. The van der Waals surface area contributed by atoms with Crippen LogP contribution in [-0.2, 0) is 6.54 Å². The van der Waals surface area contributed by atoms with Crippen LogP contribution in [0.5, 0.6) is 0 Å². The minimum Gasteiger partial charge on any atom is -0.299 e. The lowest BCUT2D eigenvalue weighted by molar-refractivity contribution is 0.267. The van der Waals surface area contributed by atoms with Gasteiger partial charge >= 0.3 is 0 Å². The SMILES string of the molecule is O=C(I)N1Cc2ccccc2/C=C\c2ccccc21. The highest BCUT2D eigenvalue weighted by Gasteiger charge is 2.18. The van der Waals surface area contributed by atoms with Crippen molar-refractivity contribution in [1.29, 1.82) is 0 Å². The number of halogens is 1. The molecule has 2 aromatic rings. The summed E-state index contributed by atoms with van der Waals surface area (Å²) in [6, 6.07) is 16.2. The summed E-state index contributed by atoms with van der Waals surface area (Å²) in [5.41, 5.74) is 4.37. The Morgan fingerprint density at radius 1 is 0.947 bits per heavy atom. The van der Waals surface area contributed by atoms with Crippen LogP contribution < -0.4 is 4.90 Å². The van der Waals surface area contributed by atoms with Gasteiger partial charge in [-0.05, 0) is 22.8 Å². The van der Waals surface area contributed by atoms with Crippen molar-refractivity contribution in [2.45, 2.75) is 6.54 Å². The smallest absolute Gasteiger partial charge is 0.287 e. The van der Waals surface area contributed by atoms with E-state index in [1.807, 2.05) is 63.9 Å². The number of benzene rings is 2. The van der Waals surface area contributed by atoms with Crippen molar-refractivity contribution in [2.24, 2.45) is 0 Å². The highest BCUT2D eigenvalue weighted by atomic mass is 127. The average molecular weight is 361 g/mol. The van der Waals surface area contributed by atoms with E-state index in [-0.39, 0.29) is 3.91 Å². The molecule has 1 heterocycles. The first kappa shape index (κ1) is 12.4. The molecule has 3 rings (SSSR count). The van der Waals surface area contributed by atoms with Gasteiger partial charge in [-0.3, -0.25) is 9.69 Å². The van der Waals surface area contributed by atoms with Crippen molar-refractivity contribution in [3.63, 3.8) is 0 Å². The van der Waals surface area contributed by atoms with E-state index in [2.05, 4.69) is 24.3 Å². The Bertz CT molecular complexity index is 663. The van der Waals surface area contributed by atoms with Gasteiger partial charge in [-0.2, -0.15) is 0 Å². The van der Waals surface area contributed by atoms with Crippen LogP contribution >= 0.6 is 22.6 Å². The predicted octanol–water partition coefficient (Wildman–Crippen LogP) is 4.73. The normalized spacial score (nSPS) is 14.9. The molecule has 0 aliphatic carbocycles. The number of carbonyl (C=O) groups excluding carboxylic acids is 1. The maximum atomic E-state index is 11.9. The number of nitrogens with zero attached hydrogens (tertiary/aromatic N) is 1. The minimum absolute atomic E-state index is 0.0372. The molecule has 0 fully saturated rings. The quantitative estimate of drug-likeness (QED) is 0.377. The maximum Gasteiger partial charge on any atom is 0.287 e. The third kappa shape index (κ3) is 2.42. The van der Waals surface area contributed by atoms with Crippen molar-refractivity contribution >= 4 is 44.3 Å². The summed E-state index contributed by atoms with van der Waals surface area (Å²) in [5.74, 6) is 0. The van der Waals surface area contributed by atoms with E-state index in [4.69, 9.17) is 0 Å². The van der Waals surface area contributed by atoms with E-state index in [1.165, 1.54) is 11.1 Å². The number of para-hydroxylation sites is 1. The van der Waals surface area contributed by atoms with Gasteiger partial charge in [0.05, 0.1) is 12.2 Å². The lowest BCUT2D eigenvalue weighted by Gasteiger charge is -2.24. The van der Waals surface area contributed by atoms with E-state index in [1.54, 1.807) is 0 Å². The second-order valence-corrected chi connectivity index (χ2v) is 5.35. The van der Waals surface area contributed by atoms with Gasteiger partial charge in [0, 0.05) is 22.6 Å². The molecule has 0 saturated heterocycles. The van der Waals surface area contributed by atoms with Crippen LogP contribution in [0.25, 0.3) is 12.2 Å². The molecule has 0 atom stereocenters. The van der Waals surface area contributed by atoms with Crippen LogP contribution in [-0.4, -0.2) is 3.91 Å². The molecule has 0 saturated carbocycles. The van der Waals surface area contributed by atoms with E-state index in [9.17, 15) is 4.79 Å². The zero-order valence-corrected chi connectivity index (χ0v) is 12.4. The molecule has 0 aromatic heterocycles. The second-order valence-electron chi connectivity index (χ2n) is 4.43. The summed E-state index contributed by atoms with van der Waals surface area (Å²) in [7, 11) is 0. The zero-order chi connectivity index (χ0) is 13.2. The lowest BCUT2D eigenvalue weighted by Crippen LogP contribution is -2.26. The molecule has 3 heteroatoms. The van der Waals surface area contributed by atoms with E-state index < -0.39 is 0 Å². The van der Waals surface area contributed by atoms with Crippen LogP contribution in [0.15, 0.2) is 48.5 Å². The van der Waals surface area contributed by atoms with Crippen molar-refractivity contribution < 1.29 is 4.79 Å². The van der Waals surface area contributed by atoms with Crippen molar-refractivity contribution in [2.75, 3.05) is 4.90 Å². The number of amides is 1. The number of hydrogen-bond acceptors (Lipinski definition) is 1. The molecule has 19 heavy (non-hydrogen) atoms. The first-order valence-corrected chi connectivity index (χ1v) is 7.15. The highest BCUT2D eigenvalue weighted by Crippen LogP contribution is 2.29. The molecule has 1 aliphatic heterocycles. The van der Waals surface area contributed by atoms with Crippen LogP contribution in [0.4, 0.5) is 10.5 Å². The molecule has 94 valence electrons. The fraction of sp³-hybridized carbons (Fsp3) is 0.0625. The summed E-state index contributed by atoms with van der Waals surface area (Å²) in [6.07, 6.45) is 4.18. The summed E-state index contributed by atoms with van der Waals surface area (Å²) in [6.45, 7) is 0.610. The molecule has 2 aromatic carbocycles. The molecular weight excluding hydrogens is 349 g/mol. The van der Waals surface area contributed by atoms with Crippen molar-refractivity contribution in [1.82, 2.24) is 0 Å². The fourth-order valence-corrected chi connectivity index (χ4v) is 2.74. The standard InChI is InChI=1S/C16H12INO/c17-16(19)18-11-14-7-2-1-5-12(14)9-10-13-6-3-4-8-15(13)18/h1-10H,11H2/b10-9-. The van der Waals surface area contributed by atoms with Gasteiger partial charge in [-0.25, -0.2) is 0 Å². The number of anilines is 1. The molecular formula is C16H12INO. The van der Waals surface area contributed by atoms with Crippen LogP contribution in [0.3, 0.4) is 0 Å². The van der Waals surface area contributed by atoms with Crippen LogP contribution in [0, 0.1) is 0 Å². The number of fused-ring (bicyclic) bond motifs is 2. The van der Waals surface area contributed by atoms with Gasteiger partial charge < -0.3 is 0 Å². The van der Waals surface area contributed by atoms with Gasteiger partial charge in [-0.15, -0.1) is 0 Å². The van der Waals surface area contributed by atoms with Gasteiger partial charge in [0.1, 0.15) is 0 Å². The molecule has 1 aliphatic rings. The van der Waals surface area contributed by atoms with Gasteiger partial charge in [0.25, 0.3) is 3.91 Å². The summed E-state index contributed by atoms with van der Waals surface area (Å²) >= 11 is 1.85. The summed E-state index contributed by atoms with van der Waals surface area (Å²) in [4.78, 5) is 13.7. The third-order valence-corrected chi connectivity index (χ3v) is 3.85. The van der Waals surface area contributed by atoms with Crippen molar-refractivity contribution in [3.05, 3.63) is 65.2 Å². The topological polar surface area (TPSA) is 20.3 Å². The maximum absolute atomic E-state index is 11.9. The Morgan fingerprint density at radius 3 is 2.37 bits per heavy atom. The number of hydrogen-bond donors (Lipinski definition) is 0. The largest absolute Gasteiger partial charge is 0.299 e. The number of carbonyl (C=O) groups is 1. The highest BCUT2D eigenvalue weighted by molar-refractivity contribution is 14.1. The average Bonchev–Trinajstić information content (AvgIpc) is 2.41. The second kappa shape index (κ2) is 5.17. The molecule has 0 N–H and O–H groups in total. The Labute approximate surface area is 125 Å². The van der Waals surface area contributed by atoms with Crippen molar-refractivity contribution in [3.8, 4) is 0 Å². The minimum atomic E-state index is 0.0372. The molecule has 2 nitrogen and oxygen atoms in total. The lowest BCUT2D eigenvalue weighted by atomic mass is 10.0. The zero-order valence-electron chi connectivity index (χ0n) is 10.2. The Kier molecular flexibility index (Phi) is 3.38. The molecule has 0 spiro atoms. The van der Waals surface area contributed by atoms with Gasteiger partial charge in [-0.1, -0.05) is 54.6 Å². The first-order valence-electron chi connectivity index (χ1n) is 6.08. The molecule has 0 radical (unpaired) electrons. The molecule has 0 bridgehead atoms. The first-order chi connectivity index (χ1) is 9.25. The third-order valence-electron chi connectivity index (χ3n) is 3.27. The fourth-order valence-electron chi connectivity index (χ4n) is 2.31. The number of rotatable bonds is 0. The monoisotopic (exact) mass is 361 g/mol. The van der Waals surface area contributed by atoms with Gasteiger partial charge in [0.2, 0.25) is 0 Å². The van der Waals surface area contributed by atoms with Crippen LogP contribution in [0.2, 0.25) is 0 Å². The Balaban J connectivity index is 2.19. The van der Waals surface area contributed by atoms with Crippen LogP contribution in [0.1, 0.15) is 16.7 Å². The summed E-state index contributed by atoms with van der Waals surface area (Å²) in [5, 5.41) is 0. The molecule has 0 unspecified atom stereocenters. The predicted molar refractivity (Wildman–Crippen MR) is 87.4 cm³/mol. The molecule has 1 amide bonds. The summed E-state index contributed by atoms with van der Waals surface area (Å²) < 4.78 is 0.0372. The van der Waals surface area contributed by atoms with E-state index >= 15 is 0 Å².